The quantitative estimate of drug-likeness (QED) is 0.482. The molecule has 0 unspecified atom stereocenters. The second kappa shape index (κ2) is 1.71. The van der Waals surface area contributed by atoms with E-state index in [0.717, 1.165) is 0 Å². The summed E-state index contributed by atoms with van der Waals surface area (Å²) in [7, 11) is 1.60. The smallest absolute Gasteiger partial charge is 0.313 e. The van der Waals surface area contributed by atoms with Crippen molar-refractivity contribution in [2.24, 2.45) is 0 Å². The SMILES string of the molecule is CN1C(=O)NC(=O)C1(C)C. The van der Waals surface area contributed by atoms with E-state index in [9.17, 15) is 9.59 Å². The Morgan fingerprint density at radius 1 is 1.40 bits per heavy atom. The Bertz CT molecular complexity index is 198. The van der Waals surface area contributed by atoms with Crippen LogP contribution < -0.4 is 5.32 Å². The zero-order valence-corrected chi connectivity index (χ0v) is 6.26. The van der Waals surface area contributed by atoms with Crippen LogP contribution in [0.25, 0.3) is 0 Å². The summed E-state index contributed by atoms with van der Waals surface area (Å²) in [6.07, 6.45) is 0. The molecule has 3 amide bonds. The molecule has 1 fully saturated rings. The van der Waals surface area contributed by atoms with Gasteiger partial charge in [-0.05, 0) is 13.8 Å². The standard InChI is InChI=1S/C6H10N2O2/c1-6(2)4(9)7-5(10)8(6)3/h1-3H3,(H,7,9,10). The van der Waals surface area contributed by atoms with Crippen LogP contribution >= 0.6 is 0 Å². The van der Waals surface area contributed by atoms with Crippen LogP contribution in [-0.2, 0) is 4.79 Å². The molecule has 10 heavy (non-hydrogen) atoms. The maximum atomic E-state index is 10.9. The van der Waals surface area contributed by atoms with Crippen LogP contribution in [0.15, 0.2) is 0 Å². The lowest BCUT2D eigenvalue weighted by atomic mass is 10.1. The Balaban J connectivity index is 2.96. The highest BCUT2D eigenvalue weighted by atomic mass is 16.2. The van der Waals surface area contributed by atoms with Gasteiger partial charge in [-0.15, -0.1) is 0 Å². The normalized spacial score (nSPS) is 23.3. The minimum Gasteiger partial charge on any atom is -0.313 e. The van der Waals surface area contributed by atoms with Gasteiger partial charge in [0.05, 0.1) is 0 Å². The highest BCUT2D eigenvalue weighted by Gasteiger charge is 2.42. The van der Waals surface area contributed by atoms with Gasteiger partial charge in [-0.3, -0.25) is 10.1 Å². The molecule has 0 atom stereocenters. The predicted molar refractivity (Wildman–Crippen MR) is 35.4 cm³/mol. The number of likely N-dealkylation sites (N-methyl/N-ethyl adjacent to an activating group) is 1. The molecule has 0 aliphatic carbocycles. The maximum absolute atomic E-state index is 10.9. The third-order valence-electron chi connectivity index (χ3n) is 1.92. The van der Waals surface area contributed by atoms with Gasteiger partial charge in [-0.2, -0.15) is 0 Å². The van der Waals surface area contributed by atoms with E-state index in [4.69, 9.17) is 0 Å². The average Bonchev–Trinajstić information content (AvgIpc) is 1.97. The van der Waals surface area contributed by atoms with E-state index in [-0.39, 0.29) is 11.9 Å². The fraction of sp³-hybridized carbons (Fsp3) is 0.667. The molecule has 0 saturated carbocycles. The first kappa shape index (κ1) is 7.05. The number of amides is 3. The molecule has 0 spiro atoms. The number of nitrogens with one attached hydrogen (secondary N) is 1. The summed E-state index contributed by atoms with van der Waals surface area (Å²) in [5, 5.41) is 2.20. The molecule has 1 aliphatic rings. The molecule has 1 saturated heterocycles. The molecule has 1 N–H and O–H groups in total. The molecule has 1 rings (SSSR count). The Morgan fingerprint density at radius 2 is 1.90 bits per heavy atom. The largest absolute Gasteiger partial charge is 0.324 e. The molecule has 4 nitrogen and oxygen atoms in total. The van der Waals surface area contributed by atoms with E-state index in [2.05, 4.69) is 5.32 Å². The second-order valence-corrected chi connectivity index (χ2v) is 2.88. The highest BCUT2D eigenvalue weighted by Crippen LogP contribution is 2.17. The summed E-state index contributed by atoms with van der Waals surface area (Å²) in [4.78, 5) is 23.1. The van der Waals surface area contributed by atoms with Crippen molar-refractivity contribution in [2.75, 3.05) is 7.05 Å². The van der Waals surface area contributed by atoms with Gasteiger partial charge in [0.2, 0.25) is 0 Å². The van der Waals surface area contributed by atoms with E-state index in [1.807, 2.05) is 0 Å². The van der Waals surface area contributed by atoms with Crippen molar-refractivity contribution in [3.8, 4) is 0 Å². The molecule has 0 aromatic heterocycles. The summed E-state index contributed by atoms with van der Waals surface area (Å²) in [5.74, 6) is -0.236. The molecule has 4 heteroatoms. The first-order chi connectivity index (χ1) is 4.46. The van der Waals surface area contributed by atoms with Gasteiger partial charge < -0.3 is 4.90 Å². The molecular formula is C6H10N2O2. The molecule has 0 bridgehead atoms. The lowest BCUT2D eigenvalue weighted by molar-refractivity contribution is -0.124. The van der Waals surface area contributed by atoms with Crippen LogP contribution in [-0.4, -0.2) is 29.4 Å². The Hall–Kier alpha value is -1.06. The number of carbonyl (C=O) groups is 2. The molecular weight excluding hydrogens is 132 g/mol. The van der Waals surface area contributed by atoms with Gasteiger partial charge in [0.1, 0.15) is 5.54 Å². The van der Waals surface area contributed by atoms with Gasteiger partial charge >= 0.3 is 6.03 Å². The number of nitrogens with zero attached hydrogens (tertiary/aromatic N) is 1. The number of hydrogen-bond acceptors (Lipinski definition) is 2. The van der Waals surface area contributed by atoms with Crippen molar-refractivity contribution < 1.29 is 9.59 Å². The van der Waals surface area contributed by atoms with Crippen molar-refractivity contribution in [3.05, 3.63) is 0 Å². The van der Waals surface area contributed by atoms with E-state index in [1.165, 1.54) is 4.90 Å². The molecule has 56 valence electrons. The van der Waals surface area contributed by atoms with Crippen LogP contribution in [0.1, 0.15) is 13.8 Å². The van der Waals surface area contributed by atoms with E-state index < -0.39 is 5.54 Å². The number of carbonyl (C=O) groups excluding carboxylic acids is 2. The fourth-order valence-corrected chi connectivity index (χ4v) is 0.740. The van der Waals surface area contributed by atoms with Crippen LogP contribution in [0.5, 0.6) is 0 Å². The van der Waals surface area contributed by atoms with Gasteiger partial charge in [0.25, 0.3) is 5.91 Å². The van der Waals surface area contributed by atoms with E-state index in [0.29, 0.717) is 0 Å². The number of imide groups is 1. The number of rotatable bonds is 0. The molecule has 0 aromatic carbocycles. The van der Waals surface area contributed by atoms with Crippen LogP contribution in [0.2, 0.25) is 0 Å². The zero-order valence-electron chi connectivity index (χ0n) is 6.26. The van der Waals surface area contributed by atoms with E-state index >= 15 is 0 Å². The number of urea groups is 1. The third-order valence-corrected chi connectivity index (χ3v) is 1.92. The number of hydrogen-bond donors (Lipinski definition) is 1. The topological polar surface area (TPSA) is 49.4 Å². The van der Waals surface area contributed by atoms with Crippen molar-refractivity contribution in [3.63, 3.8) is 0 Å². The third kappa shape index (κ3) is 0.683. The fourth-order valence-electron chi connectivity index (χ4n) is 0.740. The highest BCUT2D eigenvalue weighted by molar-refractivity contribution is 6.06. The van der Waals surface area contributed by atoms with Crippen LogP contribution in [0.4, 0.5) is 4.79 Å². The first-order valence-corrected chi connectivity index (χ1v) is 3.05. The maximum Gasteiger partial charge on any atom is 0.324 e. The zero-order chi connectivity index (χ0) is 7.94. The Morgan fingerprint density at radius 3 is 2.00 bits per heavy atom. The molecule has 0 aromatic rings. The van der Waals surface area contributed by atoms with Gasteiger partial charge in [-0.1, -0.05) is 0 Å². The summed E-state index contributed by atoms with van der Waals surface area (Å²) in [6, 6.07) is -0.324. The summed E-state index contributed by atoms with van der Waals surface area (Å²) in [6.45, 7) is 3.40. The summed E-state index contributed by atoms with van der Waals surface area (Å²) in [5.41, 5.74) is -0.683. The predicted octanol–water partition coefficient (Wildman–Crippen LogP) is -0.0534. The minimum absolute atomic E-state index is 0.236. The average molecular weight is 142 g/mol. The monoisotopic (exact) mass is 142 g/mol. The second-order valence-electron chi connectivity index (χ2n) is 2.88. The summed E-state index contributed by atoms with van der Waals surface area (Å²) < 4.78 is 0. The Kier molecular flexibility index (Phi) is 1.21. The van der Waals surface area contributed by atoms with Crippen LogP contribution in [0.3, 0.4) is 0 Å². The lowest BCUT2D eigenvalue weighted by Crippen LogP contribution is -2.41. The first-order valence-electron chi connectivity index (χ1n) is 3.05. The van der Waals surface area contributed by atoms with Crippen molar-refractivity contribution in [1.29, 1.82) is 0 Å². The lowest BCUT2D eigenvalue weighted by Gasteiger charge is -2.22. The van der Waals surface area contributed by atoms with Crippen LogP contribution in [0, 0.1) is 0 Å². The van der Waals surface area contributed by atoms with Crippen molar-refractivity contribution >= 4 is 11.9 Å². The molecule has 0 radical (unpaired) electrons. The Labute approximate surface area is 59.2 Å². The van der Waals surface area contributed by atoms with Gasteiger partial charge in [0.15, 0.2) is 0 Å². The van der Waals surface area contributed by atoms with Gasteiger partial charge in [0, 0.05) is 7.05 Å². The molecule has 1 heterocycles. The van der Waals surface area contributed by atoms with Crippen molar-refractivity contribution in [2.45, 2.75) is 19.4 Å². The summed E-state index contributed by atoms with van der Waals surface area (Å²) >= 11 is 0. The molecule has 1 aliphatic heterocycles. The van der Waals surface area contributed by atoms with Crippen molar-refractivity contribution in [1.82, 2.24) is 10.2 Å². The van der Waals surface area contributed by atoms with Gasteiger partial charge in [-0.25, -0.2) is 4.79 Å². The van der Waals surface area contributed by atoms with E-state index in [1.54, 1.807) is 20.9 Å². The minimum atomic E-state index is -0.683.